The molecule has 1 aromatic carbocycles. The number of nitrogens with one attached hydrogen (secondary N) is 1. The molecule has 0 spiro atoms. The van der Waals surface area contributed by atoms with Crippen molar-refractivity contribution in [1.82, 2.24) is 24.5 Å². The molecule has 3 aromatic rings. The topological polar surface area (TPSA) is 77.6 Å². The molecule has 0 unspecified atom stereocenters. The molecule has 0 atom stereocenters. The summed E-state index contributed by atoms with van der Waals surface area (Å²) in [5, 5.41) is 10.9. The average Bonchev–Trinajstić information content (AvgIpc) is 3.15. The Balaban J connectivity index is 1.55. The van der Waals surface area contributed by atoms with Gasteiger partial charge in [0.2, 0.25) is 11.9 Å². The molecule has 0 saturated carbocycles. The van der Waals surface area contributed by atoms with Gasteiger partial charge in [-0.1, -0.05) is 18.2 Å². The predicted octanol–water partition coefficient (Wildman–Crippen LogP) is 2.76. The van der Waals surface area contributed by atoms with Crippen molar-refractivity contribution in [2.45, 2.75) is 26.4 Å². The number of benzene rings is 1. The highest BCUT2D eigenvalue weighted by Gasteiger charge is 2.10. The minimum atomic E-state index is -0.302. The summed E-state index contributed by atoms with van der Waals surface area (Å²) in [5.74, 6) is -0.321. The van der Waals surface area contributed by atoms with Gasteiger partial charge in [0.05, 0.1) is 23.8 Å². The number of rotatable bonds is 6. The van der Waals surface area contributed by atoms with Crippen LogP contribution in [0.2, 0.25) is 0 Å². The van der Waals surface area contributed by atoms with Crippen LogP contribution in [-0.4, -0.2) is 30.5 Å². The molecule has 2 heterocycles. The normalized spacial score (nSPS) is 10.8. The first-order valence-corrected chi connectivity index (χ1v) is 8.43. The molecule has 0 radical (unpaired) electrons. The van der Waals surface area contributed by atoms with E-state index in [0.29, 0.717) is 12.1 Å². The maximum atomic E-state index is 13.6. The van der Waals surface area contributed by atoms with E-state index in [4.69, 9.17) is 0 Å². The number of anilines is 1. The number of carbonyl (C=O) groups excluding carboxylic acids is 1. The number of carbonyl (C=O) groups is 1. The van der Waals surface area contributed by atoms with Gasteiger partial charge >= 0.3 is 0 Å². The molecule has 0 aliphatic rings. The third kappa shape index (κ3) is 4.30. The molecule has 3 rings (SSSR count). The summed E-state index contributed by atoms with van der Waals surface area (Å²) < 4.78 is 17.8. The highest BCUT2D eigenvalue weighted by Crippen LogP contribution is 2.14. The standard InChI is InChI=1S/C16H16BrFN6O/c1-11-13(17)8-20-24(11)7-6-15(25)21-16-19-10-23(22-16)9-12-4-2-3-5-14(12)18/h2-5,8,10H,6-7,9H2,1H3,(H,21,22,25). The summed E-state index contributed by atoms with van der Waals surface area (Å²) in [6.45, 7) is 2.62. The van der Waals surface area contributed by atoms with Gasteiger partial charge in [0.1, 0.15) is 12.1 Å². The zero-order valence-corrected chi connectivity index (χ0v) is 15.1. The molecule has 1 N–H and O–H groups in total. The summed E-state index contributed by atoms with van der Waals surface area (Å²) in [7, 11) is 0. The minimum absolute atomic E-state index is 0.194. The Labute approximate surface area is 152 Å². The Bertz CT molecular complexity index is 890. The average molecular weight is 407 g/mol. The van der Waals surface area contributed by atoms with E-state index >= 15 is 0 Å². The number of nitrogens with zero attached hydrogens (tertiary/aromatic N) is 5. The number of halogens is 2. The molecular formula is C16H16BrFN6O. The first-order valence-electron chi connectivity index (χ1n) is 7.63. The monoisotopic (exact) mass is 406 g/mol. The Morgan fingerprint density at radius 1 is 1.36 bits per heavy atom. The SMILES string of the molecule is Cc1c(Br)cnn1CCC(=O)Nc1ncn(Cc2ccccc2F)n1. The van der Waals surface area contributed by atoms with Crippen molar-refractivity contribution in [3.05, 3.63) is 58.3 Å². The minimum Gasteiger partial charge on any atom is -0.293 e. The first kappa shape index (κ1) is 17.3. The van der Waals surface area contributed by atoms with E-state index < -0.39 is 0 Å². The van der Waals surface area contributed by atoms with Gasteiger partial charge in [-0.15, -0.1) is 5.10 Å². The molecule has 7 nitrogen and oxygen atoms in total. The number of aryl methyl sites for hydroxylation is 1. The van der Waals surface area contributed by atoms with Crippen molar-refractivity contribution < 1.29 is 9.18 Å². The molecule has 25 heavy (non-hydrogen) atoms. The summed E-state index contributed by atoms with van der Waals surface area (Å²) in [5.41, 5.74) is 1.46. The van der Waals surface area contributed by atoms with Crippen LogP contribution < -0.4 is 5.32 Å². The lowest BCUT2D eigenvalue weighted by molar-refractivity contribution is -0.116. The van der Waals surface area contributed by atoms with Gasteiger partial charge in [-0.05, 0) is 28.9 Å². The molecular weight excluding hydrogens is 391 g/mol. The highest BCUT2D eigenvalue weighted by atomic mass is 79.9. The van der Waals surface area contributed by atoms with Crippen LogP contribution in [0.3, 0.4) is 0 Å². The first-order chi connectivity index (χ1) is 12.0. The van der Waals surface area contributed by atoms with Crippen LogP contribution in [0.5, 0.6) is 0 Å². The lowest BCUT2D eigenvalue weighted by Crippen LogP contribution is -2.16. The van der Waals surface area contributed by atoms with E-state index in [9.17, 15) is 9.18 Å². The Hall–Kier alpha value is -2.55. The van der Waals surface area contributed by atoms with Crippen LogP contribution in [0, 0.1) is 12.7 Å². The number of aromatic nitrogens is 5. The molecule has 0 bridgehead atoms. The quantitative estimate of drug-likeness (QED) is 0.682. The van der Waals surface area contributed by atoms with Gasteiger partial charge in [0.15, 0.2) is 0 Å². The van der Waals surface area contributed by atoms with Crippen molar-refractivity contribution >= 4 is 27.8 Å². The van der Waals surface area contributed by atoms with Crippen LogP contribution in [0.25, 0.3) is 0 Å². The van der Waals surface area contributed by atoms with Crippen molar-refractivity contribution in [1.29, 1.82) is 0 Å². The molecule has 9 heteroatoms. The Morgan fingerprint density at radius 2 is 2.16 bits per heavy atom. The van der Waals surface area contributed by atoms with Crippen molar-refractivity contribution in [2.75, 3.05) is 5.32 Å². The van der Waals surface area contributed by atoms with Gasteiger partial charge < -0.3 is 0 Å². The van der Waals surface area contributed by atoms with Gasteiger partial charge in [-0.2, -0.15) is 5.10 Å². The fourth-order valence-corrected chi connectivity index (χ4v) is 2.57. The fraction of sp³-hybridized carbons (Fsp3) is 0.250. The summed E-state index contributed by atoms with van der Waals surface area (Å²) in [6, 6.07) is 6.46. The van der Waals surface area contributed by atoms with Crippen LogP contribution in [-0.2, 0) is 17.9 Å². The van der Waals surface area contributed by atoms with Gasteiger partial charge in [0.25, 0.3) is 0 Å². The summed E-state index contributed by atoms with van der Waals surface area (Å²) in [6.07, 6.45) is 3.40. The summed E-state index contributed by atoms with van der Waals surface area (Å²) in [4.78, 5) is 16.0. The third-order valence-corrected chi connectivity index (χ3v) is 4.45. The molecule has 2 aromatic heterocycles. The van der Waals surface area contributed by atoms with Crippen molar-refractivity contribution in [3.63, 3.8) is 0 Å². The predicted molar refractivity (Wildman–Crippen MR) is 93.4 cm³/mol. The highest BCUT2D eigenvalue weighted by molar-refractivity contribution is 9.10. The number of hydrogen-bond donors (Lipinski definition) is 1. The van der Waals surface area contributed by atoms with Crippen LogP contribution in [0.4, 0.5) is 10.3 Å². The number of amides is 1. The van der Waals surface area contributed by atoms with Crippen LogP contribution in [0.15, 0.2) is 41.3 Å². The second-order valence-electron chi connectivity index (χ2n) is 5.46. The van der Waals surface area contributed by atoms with E-state index in [1.54, 1.807) is 29.1 Å². The fourth-order valence-electron chi connectivity index (χ4n) is 2.27. The van der Waals surface area contributed by atoms with E-state index in [0.717, 1.165) is 10.2 Å². The zero-order chi connectivity index (χ0) is 17.8. The maximum Gasteiger partial charge on any atom is 0.248 e. The molecule has 130 valence electrons. The van der Waals surface area contributed by atoms with Crippen molar-refractivity contribution in [3.8, 4) is 0 Å². The lowest BCUT2D eigenvalue weighted by Gasteiger charge is -2.04. The smallest absolute Gasteiger partial charge is 0.248 e. The van der Waals surface area contributed by atoms with Crippen LogP contribution in [0.1, 0.15) is 17.7 Å². The Kier molecular flexibility index (Phi) is 5.22. The molecule has 0 aliphatic heterocycles. The second kappa shape index (κ2) is 7.56. The lowest BCUT2D eigenvalue weighted by atomic mass is 10.2. The third-order valence-electron chi connectivity index (χ3n) is 3.67. The maximum absolute atomic E-state index is 13.6. The molecule has 0 saturated heterocycles. The largest absolute Gasteiger partial charge is 0.293 e. The second-order valence-corrected chi connectivity index (χ2v) is 6.31. The van der Waals surface area contributed by atoms with Gasteiger partial charge in [-0.3, -0.25) is 14.8 Å². The van der Waals surface area contributed by atoms with E-state index in [2.05, 4.69) is 36.4 Å². The molecule has 1 amide bonds. The van der Waals surface area contributed by atoms with E-state index in [-0.39, 0.29) is 30.6 Å². The zero-order valence-electron chi connectivity index (χ0n) is 13.5. The molecule has 0 aliphatic carbocycles. The molecule has 0 fully saturated rings. The van der Waals surface area contributed by atoms with Crippen molar-refractivity contribution in [2.24, 2.45) is 0 Å². The van der Waals surface area contributed by atoms with E-state index in [1.165, 1.54) is 17.1 Å². The van der Waals surface area contributed by atoms with Gasteiger partial charge in [0, 0.05) is 17.7 Å². The summed E-state index contributed by atoms with van der Waals surface area (Å²) >= 11 is 3.38. The Morgan fingerprint density at radius 3 is 2.88 bits per heavy atom. The number of hydrogen-bond acceptors (Lipinski definition) is 4. The van der Waals surface area contributed by atoms with Gasteiger partial charge in [-0.25, -0.2) is 14.1 Å². The van der Waals surface area contributed by atoms with E-state index in [1.807, 2.05) is 6.92 Å². The van der Waals surface area contributed by atoms with Crippen LogP contribution >= 0.6 is 15.9 Å².